The van der Waals surface area contributed by atoms with Crippen LogP contribution in [0.3, 0.4) is 0 Å². The Bertz CT molecular complexity index is 196. The smallest absolute Gasteiger partial charge is 0.304 e. The summed E-state index contributed by atoms with van der Waals surface area (Å²) in [7, 11) is 0. The number of carboxylic acid groups (broad SMARTS) is 1. The SMILES string of the molecule is CC(CC(=O)O)NC1CCOC(C)C1. The molecule has 0 radical (unpaired) electrons. The van der Waals surface area contributed by atoms with Gasteiger partial charge in [-0.15, -0.1) is 0 Å². The quantitative estimate of drug-likeness (QED) is 0.712. The van der Waals surface area contributed by atoms with E-state index in [0.29, 0.717) is 12.1 Å². The van der Waals surface area contributed by atoms with E-state index in [4.69, 9.17) is 9.84 Å². The highest BCUT2D eigenvalue weighted by molar-refractivity contribution is 5.67. The number of ether oxygens (including phenoxy) is 1. The number of hydrogen-bond donors (Lipinski definition) is 2. The molecule has 1 saturated heterocycles. The van der Waals surface area contributed by atoms with Crippen molar-refractivity contribution >= 4 is 5.97 Å². The monoisotopic (exact) mass is 201 g/mol. The van der Waals surface area contributed by atoms with Crippen LogP contribution in [0.2, 0.25) is 0 Å². The molecule has 4 heteroatoms. The Morgan fingerprint density at radius 3 is 3.00 bits per heavy atom. The Hall–Kier alpha value is -0.610. The van der Waals surface area contributed by atoms with Crippen molar-refractivity contribution in [2.24, 2.45) is 0 Å². The summed E-state index contributed by atoms with van der Waals surface area (Å²) in [6, 6.07) is 0.455. The van der Waals surface area contributed by atoms with E-state index in [0.717, 1.165) is 19.4 Å². The molecule has 3 atom stereocenters. The molecule has 4 nitrogen and oxygen atoms in total. The molecule has 0 aliphatic carbocycles. The maximum absolute atomic E-state index is 10.5. The van der Waals surface area contributed by atoms with Crippen LogP contribution in [0.25, 0.3) is 0 Å². The van der Waals surface area contributed by atoms with Crippen LogP contribution in [0.15, 0.2) is 0 Å². The molecule has 82 valence electrons. The van der Waals surface area contributed by atoms with Crippen molar-refractivity contribution in [2.75, 3.05) is 6.61 Å². The van der Waals surface area contributed by atoms with Crippen LogP contribution in [-0.4, -0.2) is 35.9 Å². The van der Waals surface area contributed by atoms with E-state index in [1.165, 1.54) is 0 Å². The molecule has 0 bridgehead atoms. The van der Waals surface area contributed by atoms with E-state index in [9.17, 15) is 4.79 Å². The Balaban J connectivity index is 2.25. The number of carbonyl (C=O) groups is 1. The van der Waals surface area contributed by atoms with E-state index in [2.05, 4.69) is 12.2 Å². The summed E-state index contributed by atoms with van der Waals surface area (Å²) in [5, 5.41) is 11.9. The van der Waals surface area contributed by atoms with E-state index >= 15 is 0 Å². The van der Waals surface area contributed by atoms with Crippen LogP contribution in [-0.2, 0) is 9.53 Å². The molecule has 0 spiro atoms. The Kier molecular flexibility index (Phi) is 4.35. The van der Waals surface area contributed by atoms with Gasteiger partial charge in [-0.3, -0.25) is 4.79 Å². The second-order valence-corrected chi connectivity index (χ2v) is 4.07. The first-order valence-corrected chi connectivity index (χ1v) is 5.17. The molecule has 1 fully saturated rings. The molecule has 1 aliphatic heterocycles. The predicted molar refractivity (Wildman–Crippen MR) is 53.3 cm³/mol. The number of carboxylic acids is 1. The van der Waals surface area contributed by atoms with Gasteiger partial charge in [0.1, 0.15) is 0 Å². The lowest BCUT2D eigenvalue weighted by atomic mass is 10.0. The minimum Gasteiger partial charge on any atom is -0.481 e. The Morgan fingerprint density at radius 2 is 2.43 bits per heavy atom. The molecule has 0 aromatic rings. The van der Waals surface area contributed by atoms with Gasteiger partial charge in [-0.25, -0.2) is 0 Å². The molecule has 14 heavy (non-hydrogen) atoms. The lowest BCUT2D eigenvalue weighted by Gasteiger charge is -2.30. The molecule has 0 saturated carbocycles. The van der Waals surface area contributed by atoms with Gasteiger partial charge in [0.2, 0.25) is 0 Å². The predicted octanol–water partition coefficient (Wildman–Crippen LogP) is 1.01. The van der Waals surface area contributed by atoms with Crippen molar-refractivity contribution in [1.82, 2.24) is 5.32 Å². The van der Waals surface area contributed by atoms with Gasteiger partial charge in [-0.2, -0.15) is 0 Å². The van der Waals surface area contributed by atoms with Crippen LogP contribution >= 0.6 is 0 Å². The summed E-state index contributed by atoms with van der Waals surface area (Å²) in [6.07, 6.45) is 2.43. The topological polar surface area (TPSA) is 58.6 Å². The molecule has 1 rings (SSSR count). The maximum atomic E-state index is 10.5. The van der Waals surface area contributed by atoms with E-state index in [1.54, 1.807) is 0 Å². The third kappa shape index (κ3) is 4.07. The molecule has 1 heterocycles. The first-order chi connectivity index (χ1) is 6.58. The van der Waals surface area contributed by atoms with Gasteiger partial charge in [0.25, 0.3) is 0 Å². The number of rotatable bonds is 4. The number of aliphatic carboxylic acids is 1. The zero-order valence-corrected chi connectivity index (χ0v) is 8.82. The largest absolute Gasteiger partial charge is 0.481 e. The van der Waals surface area contributed by atoms with Crippen LogP contribution in [0.4, 0.5) is 0 Å². The van der Waals surface area contributed by atoms with Crippen molar-refractivity contribution in [1.29, 1.82) is 0 Å². The summed E-state index contributed by atoms with van der Waals surface area (Å²) in [5.41, 5.74) is 0. The van der Waals surface area contributed by atoms with E-state index in [-0.39, 0.29) is 12.5 Å². The fraction of sp³-hybridized carbons (Fsp3) is 0.900. The lowest BCUT2D eigenvalue weighted by molar-refractivity contribution is -0.137. The van der Waals surface area contributed by atoms with E-state index in [1.807, 2.05) is 6.92 Å². The number of hydrogen-bond acceptors (Lipinski definition) is 3. The van der Waals surface area contributed by atoms with Crippen molar-refractivity contribution in [3.63, 3.8) is 0 Å². The summed E-state index contributed by atoms with van der Waals surface area (Å²) in [4.78, 5) is 10.5. The normalized spacial score (nSPS) is 29.9. The van der Waals surface area contributed by atoms with Crippen LogP contribution in [0.5, 0.6) is 0 Å². The molecular formula is C10H19NO3. The minimum atomic E-state index is -0.745. The first-order valence-electron chi connectivity index (χ1n) is 5.17. The van der Waals surface area contributed by atoms with Gasteiger partial charge in [0.15, 0.2) is 0 Å². The second-order valence-electron chi connectivity index (χ2n) is 4.07. The van der Waals surface area contributed by atoms with Crippen molar-refractivity contribution in [3.05, 3.63) is 0 Å². The highest BCUT2D eigenvalue weighted by Crippen LogP contribution is 2.14. The highest BCUT2D eigenvalue weighted by Gasteiger charge is 2.21. The molecule has 0 aromatic heterocycles. The third-order valence-electron chi connectivity index (χ3n) is 2.49. The third-order valence-corrected chi connectivity index (χ3v) is 2.49. The molecule has 2 N–H and O–H groups in total. The summed E-state index contributed by atoms with van der Waals surface area (Å²) in [5.74, 6) is -0.745. The molecule has 0 amide bonds. The van der Waals surface area contributed by atoms with E-state index < -0.39 is 5.97 Å². The fourth-order valence-corrected chi connectivity index (χ4v) is 1.87. The summed E-state index contributed by atoms with van der Waals surface area (Å²) in [6.45, 7) is 4.74. The summed E-state index contributed by atoms with van der Waals surface area (Å²) < 4.78 is 5.41. The van der Waals surface area contributed by atoms with Crippen LogP contribution < -0.4 is 5.32 Å². The number of nitrogens with one attached hydrogen (secondary N) is 1. The Labute approximate surface area is 84.6 Å². The zero-order chi connectivity index (χ0) is 10.6. The second kappa shape index (κ2) is 5.32. The molecule has 3 unspecified atom stereocenters. The fourth-order valence-electron chi connectivity index (χ4n) is 1.87. The van der Waals surface area contributed by atoms with Gasteiger partial charge in [-0.05, 0) is 26.7 Å². The van der Waals surface area contributed by atoms with Gasteiger partial charge in [0, 0.05) is 18.7 Å². The molecule has 0 aromatic carbocycles. The van der Waals surface area contributed by atoms with Gasteiger partial charge in [-0.1, -0.05) is 0 Å². The van der Waals surface area contributed by atoms with Crippen LogP contribution in [0.1, 0.15) is 33.1 Å². The standard InChI is InChI=1S/C10H19NO3/c1-7(5-10(12)13)11-9-3-4-14-8(2)6-9/h7-9,11H,3-6H2,1-2H3,(H,12,13). The molecule has 1 aliphatic rings. The van der Waals surface area contributed by atoms with Gasteiger partial charge < -0.3 is 15.2 Å². The van der Waals surface area contributed by atoms with Crippen LogP contribution in [0, 0.1) is 0 Å². The van der Waals surface area contributed by atoms with Gasteiger partial charge in [0.05, 0.1) is 12.5 Å². The van der Waals surface area contributed by atoms with Gasteiger partial charge >= 0.3 is 5.97 Å². The first kappa shape index (κ1) is 11.5. The molecular weight excluding hydrogens is 182 g/mol. The highest BCUT2D eigenvalue weighted by atomic mass is 16.5. The maximum Gasteiger partial charge on any atom is 0.304 e. The minimum absolute atomic E-state index is 0.0443. The summed E-state index contributed by atoms with van der Waals surface area (Å²) >= 11 is 0. The lowest BCUT2D eigenvalue weighted by Crippen LogP contribution is -2.43. The zero-order valence-electron chi connectivity index (χ0n) is 8.82. The average molecular weight is 201 g/mol. The van der Waals surface area contributed by atoms with Crippen molar-refractivity contribution < 1.29 is 14.6 Å². The van der Waals surface area contributed by atoms with Crippen molar-refractivity contribution in [3.8, 4) is 0 Å². The Morgan fingerprint density at radius 1 is 1.71 bits per heavy atom. The van der Waals surface area contributed by atoms with Crippen molar-refractivity contribution in [2.45, 2.75) is 51.3 Å². The average Bonchev–Trinajstić information content (AvgIpc) is 2.01.